The van der Waals surface area contributed by atoms with Crippen molar-refractivity contribution >= 4 is 0 Å². The maximum absolute atomic E-state index is 5.78. The average Bonchev–Trinajstić information content (AvgIpc) is 2.04. The molecule has 0 saturated carbocycles. The highest BCUT2D eigenvalue weighted by Gasteiger charge is 2.26. The van der Waals surface area contributed by atoms with Gasteiger partial charge in [-0.1, -0.05) is 6.08 Å². The highest BCUT2D eigenvalue weighted by atomic mass is 14.9. The van der Waals surface area contributed by atoms with Crippen molar-refractivity contribution in [1.29, 1.82) is 0 Å². The second-order valence-corrected chi connectivity index (χ2v) is 3.73. The molecule has 11 heavy (non-hydrogen) atoms. The highest BCUT2D eigenvalue weighted by Crippen LogP contribution is 2.31. The van der Waals surface area contributed by atoms with Gasteiger partial charge >= 0.3 is 0 Å². The molecular weight excluding hydrogens is 136 g/mol. The normalized spacial score (nSPS) is 37.6. The van der Waals surface area contributed by atoms with Crippen molar-refractivity contribution in [1.82, 2.24) is 5.32 Å². The van der Waals surface area contributed by atoms with Crippen molar-refractivity contribution in [2.24, 2.45) is 17.6 Å². The van der Waals surface area contributed by atoms with E-state index < -0.39 is 0 Å². The third-order valence-electron chi connectivity index (χ3n) is 2.95. The smallest absolute Gasteiger partial charge is 0.00434 e. The van der Waals surface area contributed by atoms with Gasteiger partial charge in [-0.2, -0.15) is 0 Å². The van der Waals surface area contributed by atoms with Crippen LogP contribution in [0.25, 0.3) is 0 Å². The lowest BCUT2D eigenvalue weighted by molar-refractivity contribution is 0.242. The SMILES string of the molecule is NC1=CCC2CCNCC2C1. The Morgan fingerprint density at radius 1 is 1.45 bits per heavy atom. The fourth-order valence-electron chi connectivity index (χ4n) is 2.22. The summed E-state index contributed by atoms with van der Waals surface area (Å²) in [5.74, 6) is 1.75. The van der Waals surface area contributed by atoms with E-state index in [0.717, 1.165) is 24.0 Å². The predicted octanol–water partition coefficient (Wildman–Crippen LogP) is 0.848. The van der Waals surface area contributed by atoms with E-state index in [1.807, 2.05) is 0 Å². The van der Waals surface area contributed by atoms with E-state index in [2.05, 4.69) is 11.4 Å². The van der Waals surface area contributed by atoms with E-state index in [0.29, 0.717) is 0 Å². The topological polar surface area (TPSA) is 38.0 Å². The summed E-state index contributed by atoms with van der Waals surface area (Å²) in [6.07, 6.45) is 5.90. The Morgan fingerprint density at radius 3 is 3.27 bits per heavy atom. The van der Waals surface area contributed by atoms with Crippen LogP contribution in [0.1, 0.15) is 19.3 Å². The van der Waals surface area contributed by atoms with E-state index in [9.17, 15) is 0 Å². The predicted molar refractivity (Wildman–Crippen MR) is 46.0 cm³/mol. The summed E-state index contributed by atoms with van der Waals surface area (Å²) < 4.78 is 0. The number of allylic oxidation sites excluding steroid dienone is 2. The van der Waals surface area contributed by atoms with Crippen LogP contribution in [0.3, 0.4) is 0 Å². The molecule has 0 amide bonds. The van der Waals surface area contributed by atoms with Crippen LogP contribution in [-0.4, -0.2) is 13.1 Å². The minimum atomic E-state index is 0.828. The fraction of sp³-hybridized carbons (Fsp3) is 0.778. The quantitative estimate of drug-likeness (QED) is 0.540. The summed E-state index contributed by atoms with van der Waals surface area (Å²) in [4.78, 5) is 0. The Morgan fingerprint density at radius 2 is 2.36 bits per heavy atom. The summed E-state index contributed by atoms with van der Waals surface area (Å²) in [6.45, 7) is 2.38. The molecule has 2 atom stereocenters. The zero-order chi connectivity index (χ0) is 7.68. The maximum atomic E-state index is 5.78. The first-order chi connectivity index (χ1) is 5.36. The first kappa shape index (κ1) is 7.17. The van der Waals surface area contributed by atoms with E-state index in [-0.39, 0.29) is 0 Å². The molecule has 3 N–H and O–H groups in total. The van der Waals surface area contributed by atoms with Gasteiger partial charge in [-0.05, 0) is 44.2 Å². The number of hydrogen-bond donors (Lipinski definition) is 2. The first-order valence-electron chi connectivity index (χ1n) is 4.51. The van der Waals surface area contributed by atoms with E-state index in [4.69, 9.17) is 5.73 Å². The molecule has 2 rings (SSSR count). The molecule has 1 fully saturated rings. The Balaban J connectivity index is 2.04. The van der Waals surface area contributed by atoms with Crippen LogP contribution >= 0.6 is 0 Å². The lowest BCUT2D eigenvalue weighted by Gasteiger charge is -2.34. The molecule has 1 heterocycles. The minimum absolute atomic E-state index is 0.828. The molecule has 2 heteroatoms. The molecule has 1 aliphatic carbocycles. The van der Waals surface area contributed by atoms with Crippen LogP contribution < -0.4 is 11.1 Å². The molecule has 0 spiro atoms. The van der Waals surface area contributed by atoms with Gasteiger partial charge in [-0.3, -0.25) is 0 Å². The Bertz CT molecular complexity index is 174. The Labute approximate surface area is 67.8 Å². The molecule has 0 aromatic heterocycles. The molecule has 1 saturated heterocycles. The number of nitrogens with one attached hydrogen (secondary N) is 1. The van der Waals surface area contributed by atoms with E-state index >= 15 is 0 Å². The second-order valence-electron chi connectivity index (χ2n) is 3.73. The van der Waals surface area contributed by atoms with Crippen molar-refractivity contribution in [3.63, 3.8) is 0 Å². The van der Waals surface area contributed by atoms with Crippen LogP contribution in [0, 0.1) is 11.8 Å². The monoisotopic (exact) mass is 152 g/mol. The van der Waals surface area contributed by atoms with Gasteiger partial charge in [0.25, 0.3) is 0 Å². The van der Waals surface area contributed by atoms with Gasteiger partial charge in [0, 0.05) is 5.70 Å². The van der Waals surface area contributed by atoms with Gasteiger partial charge in [0.05, 0.1) is 0 Å². The molecule has 2 nitrogen and oxygen atoms in total. The van der Waals surface area contributed by atoms with Crippen LogP contribution in [0.15, 0.2) is 11.8 Å². The molecule has 1 aliphatic heterocycles. The summed E-state index contributed by atoms with van der Waals surface area (Å²) in [6, 6.07) is 0. The summed E-state index contributed by atoms with van der Waals surface area (Å²) in [7, 11) is 0. The van der Waals surface area contributed by atoms with Gasteiger partial charge in [0.15, 0.2) is 0 Å². The van der Waals surface area contributed by atoms with Crippen LogP contribution in [0.5, 0.6) is 0 Å². The van der Waals surface area contributed by atoms with Crippen molar-refractivity contribution < 1.29 is 0 Å². The molecular formula is C9H16N2. The number of rotatable bonds is 0. The van der Waals surface area contributed by atoms with Gasteiger partial charge in [-0.15, -0.1) is 0 Å². The Kier molecular flexibility index (Phi) is 1.86. The van der Waals surface area contributed by atoms with Crippen molar-refractivity contribution in [3.05, 3.63) is 11.8 Å². The summed E-state index contributed by atoms with van der Waals surface area (Å²) >= 11 is 0. The number of hydrogen-bond acceptors (Lipinski definition) is 2. The Hall–Kier alpha value is -0.500. The van der Waals surface area contributed by atoms with Gasteiger partial charge in [-0.25, -0.2) is 0 Å². The highest BCUT2D eigenvalue weighted by molar-refractivity contribution is 5.05. The molecule has 0 aromatic carbocycles. The minimum Gasteiger partial charge on any atom is -0.402 e. The third kappa shape index (κ3) is 1.41. The molecule has 62 valence electrons. The molecule has 2 aliphatic rings. The van der Waals surface area contributed by atoms with Crippen molar-refractivity contribution in [2.75, 3.05) is 13.1 Å². The van der Waals surface area contributed by atoms with Gasteiger partial charge in [0.1, 0.15) is 0 Å². The number of fused-ring (bicyclic) bond motifs is 1. The third-order valence-corrected chi connectivity index (χ3v) is 2.95. The zero-order valence-corrected chi connectivity index (χ0v) is 6.84. The molecule has 0 bridgehead atoms. The number of nitrogens with two attached hydrogens (primary N) is 1. The van der Waals surface area contributed by atoms with Crippen LogP contribution in [0.2, 0.25) is 0 Å². The molecule has 0 aromatic rings. The standard InChI is InChI=1S/C9H16N2/c10-9-2-1-7-3-4-11-6-8(7)5-9/h2,7-8,11H,1,3-6,10H2. The van der Waals surface area contributed by atoms with Gasteiger partial charge in [0.2, 0.25) is 0 Å². The van der Waals surface area contributed by atoms with Gasteiger partial charge < -0.3 is 11.1 Å². The van der Waals surface area contributed by atoms with E-state index in [1.165, 1.54) is 25.9 Å². The van der Waals surface area contributed by atoms with E-state index in [1.54, 1.807) is 0 Å². The van der Waals surface area contributed by atoms with Crippen molar-refractivity contribution in [3.8, 4) is 0 Å². The maximum Gasteiger partial charge on any atom is 0.00434 e. The second kappa shape index (κ2) is 2.86. The average molecular weight is 152 g/mol. The van der Waals surface area contributed by atoms with Crippen LogP contribution in [0.4, 0.5) is 0 Å². The van der Waals surface area contributed by atoms with Crippen molar-refractivity contribution in [2.45, 2.75) is 19.3 Å². The van der Waals surface area contributed by atoms with Crippen LogP contribution in [-0.2, 0) is 0 Å². The summed E-state index contributed by atoms with van der Waals surface area (Å²) in [5.41, 5.74) is 6.88. The zero-order valence-electron chi connectivity index (χ0n) is 6.84. The fourth-order valence-corrected chi connectivity index (χ4v) is 2.22. The first-order valence-corrected chi connectivity index (χ1v) is 4.51. The summed E-state index contributed by atoms with van der Waals surface area (Å²) in [5, 5.41) is 3.42. The lowest BCUT2D eigenvalue weighted by Crippen LogP contribution is -2.38. The lowest BCUT2D eigenvalue weighted by atomic mass is 9.78. The molecule has 2 unspecified atom stereocenters. The molecule has 0 radical (unpaired) electrons. The number of piperidine rings is 1. The largest absolute Gasteiger partial charge is 0.402 e.